The van der Waals surface area contributed by atoms with Crippen LogP contribution in [-0.2, 0) is 19.0 Å². The maximum Gasteiger partial charge on any atom is 0.331 e. The molecule has 0 unspecified atom stereocenters. The van der Waals surface area contributed by atoms with Gasteiger partial charge in [-0.25, -0.2) is 4.79 Å². The van der Waals surface area contributed by atoms with Crippen LogP contribution in [0.5, 0.6) is 0 Å². The number of aliphatic hydroxyl groups excluding tert-OH is 1. The smallest absolute Gasteiger partial charge is 0.331 e. The van der Waals surface area contributed by atoms with E-state index >= 15 is 0 Å². The first-order valence-corrected chi connectivity index (χ1v) is 11.2. The van der Waals surface area contributed by atoms with Gasteiger partial charge in [-0.2, -0.15) is 0 Å². The van der Waals surface area contributed by atoms with E-state index in [-0.39, 0.29) is 29.7 Å². The van der Waals surface area contributed by atoms with Crippen molar-refractivity contribution in [2.45, 2.75) is 90.6 Å². The second-order valence-electron chi connectivity index (χ2n) is 10.1. The van der Waals surface area contributed by atoms with Gasteiger partial charge in [-0.1, -0.05) is 36.8 Å². The van der Waals surface area contributed by atoms with Crippen LogP contribution >= 0.6 is 0 Å². The van der Waals surface area contributed by atoms with Gasteiger partial charge in [0.25, 0.3) is 0 Å². The number of rotatable bonds is 7. The maximum atomic E-state index is 12.4. The van der Waals surface area contributed by atoms with Crippen LogP contribution in [-0.4, -0.2) is 48.2 Å². The molecule has 0 saturated carbocycles. The summed E-state index contributed by atoms with van der Waals surface area (Å²) < 4.78 is 17.3. The standard InChI is InChI=1S/C26H40O5/c1-19(2)17-23(28)30-21-12-16-25(5,14-8-13-24(3,4)29-7)15-11-20(18-27)9-10-22-26(21,6)31-22/h8,11-13,16-17,21-22,27H,9-10,14-15,18H2,1-7H3/b13-8+,16-12+,20-11-/t21-,22+,25+,26+/m1/s1. The minimum Gasteiger partial charge on any atom is -0.452 e. The largest absolute Gasteiger partial charge is 0.452 e. The molecule has 0 bridgehead atoms. The number of epoxide rings is 1. The number of carbonyl (C=O) groups is 1. The quantitative estimate of drug-likeness (QED) is 0.264. The minimum atomic E-state index is -0.540. The second-order valence-corrected chi connectivity index (χ2v) is 10.1. The predicted molar refractivity (Wildman–Crippen MR) is 124 cm³/mol. The fraction of sp³-hybridized carbons (Fsp3) is 0.654. The number of aliphatic hydroxyl groups is 1. The normalized spacial score (nSPS) is 34.1. The molecule has 0 aromatic heterocycles. The van der Waals surface area contributed by atoms with E-state index in [1.807, 2.05) is 40.7 Å². The van der Waals surface area contributed by atoms with Gasteiger partial charge in [0, 0.05) is 13.2 Å². The third-order valence-electron chi connectivity index (χ3n) is 6.28. The highest BCUT2D eigenvalue weighted by Crippen LogP contribution is 2.45. The zero-order valence-corrected chi connectivity index (χ0v) is 20.2. The van der Waals surface area contributed by atoms with Gasteiger partial charge in [0.2, 0.25) is 0 Å². The molecule has 2 rings (SSSR count). The summed E-state index contributed by atoms with van der Waals surface area (Å²) >= 11 is 0. The van der Waals surface area contributed by atoms with Gasteiger partial charge in [0.1, 0.15) is 5.60 Å². The number of esters is 1. The van der Waals surface area contributed by atoms with Crippen LogP contribution in [0.1, 0.15) is 67.2 Å². The average molecular weight is 433 g/mol. The van der Waals surface area contributed by atoms with Crippen molar-refractivity contribution in [3.63, 3.8) is 0 Å². The van der Waals surface area contributed by atoms with E-state index in [9.17, 15) is 9.90 Å². The van der Waals surface area contributed by atoms with E-state index in [0.717, 1.165) is 36.8 Å². The molecular formula is C26H40O5. The van der Waals surface area contributed by atoms with E-state index in [4.69, 9.17) is 14.2 Å². The third kappa shape index (κ3) is 7.44. The molecule has 5 nitrogen and oxygen atoms in total. The molecular weight excluding hydrogens is 392 g/mol. The van der Waals surface area contributed by atoms with Crippen LogP contribution in [0.15, 0.2) is 47.6 Å². The Balaban J connectivity index is 2.32. The number of ether oxygens (including phenoxy) is 3. The SMILES string of the molecule is COC(C)(C)/C=C/C[C@]1(C)/C=C/[C@@H](OC(=O)C=C(C)C)[C@]2(C)O[C@H]2CC/C(CO)=C/C1. The molecule has 5 heteroatoms. The Labute approximate surface area is 187 Å². The molecule has 0 aromatic carbocycles. The van der Waals surface area contributed by atoms with Crippen molar-refractivity contribution < 1.29 is 24.1 Å². The molecule has 1 fully saturated rings. The minimum absolute atomic E-state index is 0.00311. The summed E-state index contributed by atoms with van der Waals surface area (Å²) in [6.45, 7) is 12.0. The number of allylic oxidation sites excluding steroid dienone is 4. The van der Waals surface area contributed by atoms with Crippen molar-refractivity contribution in [2.24, 2.45) is 5.41 Å². The Hall–Kier alpha value is -1.69. The van der Waals surface area contributed by atoms with E-state index in [1.165, 1.54) is 6.08 Å². The first-order valence-electron chi connectivity index (χ1n) is 11.2. The van der Waals surface area contributed by atoms with Crippen molar-refractivity contribution in [1.29, 1.82) is 0 Å². The van der Waals surface area contributed by atoms with Crippen molar-refractivity contribution >= 4 is 5.97 Å². The van der Waals surface area contributed by atoms with Crippen LogP contribution in [0.2, 0.25) is 0 Å². The lowest BCUT2D eigenvalue weighted by atomic mass is 9.81. The van der Waals surface area contributed by atoms with Gasteiger partial charge in [-0.15, -0.1) is 0 Å². The highest BCUT2D eigenvalue weighted by Gasteiger charge is 2.58. The van der Waals surface area contributed by atoms with Crippen LogP contribution in [0.4, 0.5) is 0 Å². The monoisotopic (exact) mass is 432 g/mol. The Morgan fingerprint density at radius 2 is 2.06 bits per heavy atom. The van der Waals surface area contributed by atoms with Gasteiger partial charge in [-0.3, -0.25) is 0 Å². The predicted octanol–water partition coefficient (Wildman–Crippen LogP) is 5.06. The third-order valence-corrected chi connectivity index (χ3v) is 6.28. The van der Waals surface area contributed by atoms with Gasteiger partial charge in [0.15, 0.2) is 6.10 Å². The van der Waals surface area contributed by atoms with Crippen molar-refractivity contribution in [3.8, 4) is 0 Å². The number of hydrogen-bond acceptors (Lipinski definition) is 5. The number of carbonyl (C=O) groups excluding carboxylic acids is 1. The molecule has 31 heavy (non-hydrogen) atoms. The first kappa shape index (κ1) is 25.6. The molecule has 0 aromatic rings. The van der Waals surface area contributed by atoms with Gasteiger partial charge >= 0.3 is 5.97 Å². The molecule has 0 spiro atoms. The van der Waals surface area contributed by atoms with Crippen LogP contribution in [0.3, 0.4) is 0 Å². The first-order chi connectivity index (χ1) is 14.4. The molecule has 1 aliphatic carbocycles. The highest BCUT2D eigenvalue weighted by atomic mass is 16.6. The molecule has 1 aliphatic heterocycles. The molecule has 1 N–H and O–H groups in total. The summed E-state index contributed by atoms with van der Waals surface area (Å²) in [4.78, 5) is 12.4. The summed E-state index contributed by atoms with van der Waals surface area (Å²) in [7, 11) is 1.70. The van der Waals surface area contributed by atoms with Gasteiger partial charge < -0.3 is 19.3 Å². The second kappa shape index (κ2) is 10.3. The topological polar surface area (TPSA) is 68.3 Å². The van der Waals surface area contributed by atoms with E-state index in [2.05, 4.69) is 31.2 Å². The lowest BCUT2D eigenvalue weighted by molar-refractivity contribution is -0.143. The maximum absolute atomic E-state index is 12.4. The van der Waals surface area contributed by atoms with E-state index in [1.54, 1.807) is 7.11 Å². The summed E-state index contributed by atoms with van der Waals surface area (Å²) in [6, 6.07) is 0. The fourth-order valence-corrected chi connectivity index (χ4v) is 3.77. The number of methoxy groups -OCH3 is 1. The van der Waals surface area contributed by atoms with E-state index in [0.29, 0.717) is 0 Å². The Morgan fingerprint density at radius 1 is 1.35 bits per heavy atom. The van der Waals surface area contributed by atoms with Crippen LogP contribution in [0, 0.1) is 5.41 Å². The van der Waals surface area contributed by atoms with Crippen molar-refractivity contribution in [3.05, 3.63) is 47.6 Å². The molecule has 4 atom stereocenters. The zero-order valence-electron chi connectivity index (χ0n) is 20.2. The Morgan fingerprint density at radius 3 is 2.68 bits per heavy atom. The van der Waals surface area contributed by atoms with Gasteiger partial charge in [-0.05, 0) is 77.4 Å². The fourth-order valence-electron chi connectivity index (χ4n) is 3.77. The summed E-state index contributed by atoms with van der Waals surface area (Å²) in [6.07, 6.45) is 14.7. The van der Waals surface area contributed by atoms with Crippen LogP contribution in [0.25, 0.3) is 0 Å². The molecule has 0 radical (unpaired) electrons. The summed E-state index contributed by atoms with van der Waals surface area (Å²) in [5.41, 5.74) is 0.856. The van der Waals surface area contributed by atoms with Crippen molar-refractivity contribution in [1.82, 2.24) is 0 Å². The van der Waals surface area contributed by atoms with Crippen LogP contribution < -0.4 is 0 Å². The molecule has 0 amide bonds. The Kier molecular flexibility index (Phi) is 8.48. The summed E-state index contributed by atoms with van der Waals surface area (Å²) in [5.74, 6) is -0.349. The average Bonchev–Trinajstić information content (AvgIpc) is 3.35. The molecule has 174 valence electrons. The van der Waals surface area contributed by atoms with Crippen molar-refractivity contribution in [2.75, 3.05) is 13.7 Å². The van der Waals surface area contributed by atoms with E-state index < -0.39 is 11.7 Å². The summed E-state index contributed by atoms with van der Waals surface area (Å²) in [5, 5.41) is 9.81. The lowest BCUT2D eigenvalue weighted by Crippen LogP contribution is -2.32. The van der Waals surface area contributed by atoms with Gasteiger partial charge in [0.05, 0.1) is 18.3 Å². The highest BCUT2D eigenvalue weighted by molar-refractivity contribution is 5.83. The number of fused-ring (bicyclic) bond motifs is 1. The molecule has 1 saturated heterocycles. The molecule has 2 aliphatic rings. The zero-order chi connectivity index (χ0) is 23.3. The number of hydrogen-bond donors (Lipinski definition) is 1. The lowest BCUT2D eigenvalue weighted by Gasteiger charge is -2.26. The molecule has 1 heterocycles. The Bertz CT molecular complexity index is 756.